The van der Waals surface area contributed by atoms with E-state index in [4.69, 9.17) is 50.2 Å². The molecule has 0 saturated carbocycles. The third kappa shape index (κ3) is 26.1. The average Bonchev–Trinajstić information content (AvgIpc) is 1.61. The molecule has 560 valence electrons. The molecule has 0 saturated heterocycles. The molecule has 0 unspecified atom stereocenters. The molecule has 21 heteroatoms. The van der Waals surface area contributed by atoms with Crippen molar-refractivity contribution in [3.05, 3.63) is 216 Å². The van der Waals surface area contributed by atoms with Crippen LogP contribution in [0.25, 0.3) is 89.2 Å². The third-order valence-electron chi connectivity index (χ3n) is 15.4. The zero-order valence-corrected chi connectivity index (χ0v) is 72.2. The predicted octanol–water partition coefficient (Wildman–Crippen LogP) is 19.9. The number of hydrogen-bond donors (Lipinski definition) is 3. The number of aliphatic hydroxyl groups excluding tert-OH is 2. The van der Waals surface area contributed by atoms with E-state index in [1.165, 1.54) is 28.3 Å². The number of benzene rings is 4. The van der Waals surface area contributed by atoms with Crippen molar-refractivity contribution in [3.63, 3.8) is 0 Å². The van der Waals surface area contributed by atoms with Gasteiger partial charge in [-0.05, 0) is 97.2 Å². The zero-order valence-electron chi connectivity index (χ0n) is 68.4. The van der Waals surface area contributed by atoms with Gasteiger partial charge in [-0.15, -0.1) is 18.2 Å². The molecule has 0 bridgehead atoms. The molecule has 12 rings (SSSR count). The van der Waals surface area contributed by atoms with Crippen molar-refractivity contribution in [2.45, 2.75) is 149 Å². The van der Waals surface area contributed by atoms with Crippen LogP contribution in [0.2, 0.25) is 34.5 Å². The number of para-hydroxylation sites is 1. The molecule has 3 N–H and O–H groups in total. The standard InChI is InChI=1S/C22H22N2O.C22H21N2O.2C18H24GeN.CHF3O3S.2CH4O.2Ir/c2*1-14-8-9-17-16-6-5-7-18(20(16)25-21(17)24-14)19-12-15(10-11-23-19)13-22(2,3)4;2*1-14(2)11-16-12-18(15-9-7-6-8-10-15)20-13-17(16)19(3,4)5;2-1(3,4)8(5,6)7;2*1-2;;/h5-12H,13H2,1-4H3;5-6,8-12H,13H2,1-4H3;2*6-9,12-14H,11H2,1-5H3;(H,5,6,7);2*2H,1H3;;/q;3*-1;;;;;/i2*1D3;;;;;;;. The summed E-state index contributed by atoms with van der Waals surface area (Å²) >= 11 is -3.72. The second-order valence-electron chi connectivity index (χ2n) is 29.8. The van der Waals surface area contributed by atoms with Gasteiger partial charge in [-0.25, -0.2) is 9.97 Å². The van der Waals surface area contributed by atoms with Crippen LogP contribution < -0.4 is 8.79 Å². The Hall–Kier alpha value is -6.62. The second-order valence-corrected chi connectivity index (χ2v) is 52.3. The van der Waals surface area contributed by atoms with E-state index in [0.717, 1.165) is 106 Å². The molecule has 0 aliphatic heterocycles. The number of rotatable bonds is 12. The van der Waals surface area contributed by atoms with Crippen LogP contribution in [-0.2, 0) is 76.0 Å². The second kappa shape index (κ2) is 39.3. The van der Waals surface area contributed by atoms with Gasteiger partial charge in [-0.2, -0.15) is 21.6 Å². The van der Waals surface area contributed by atoms with E-state index in [-0.39, 0.29) is 62.4 Å². The van der Waals surface area contributed by atoms with Crippen LogP contribution in [-0.4, -0.2) is 99.3 Å². The molecule has 0 fully saturated rings. The summed E-state index contributed by atoms with van der Waals surface area (Å²) in [4.78, 5) is 26.9. The summed E-state index contributed by atoms with van der Waals surface area (Å²) in [6.45, 7) is 17.8. The molecule has 104 heavy (non-hydrogen) atoms. The predicted molar refractivity (Wildman–Crippen MR) is 418 cm³/mol. The van der Waals surface area contributed by atoms with E-state index in [1.807, 2.05) is 85.1 Å². The number of halogens is 3. The van der Waals surface area contributed by atoms with Gasteiger partial charge in [0.2, 0.25) is 11.4 Å². The Morgan fingerprint density at radius 1 is 0.510 bits per heavy atom. The topological polar surface area (TPSA) is 198 Å². The van der Waals surface area contributed by atoms with Crippen LogP contribution in [0.1, 0.15) is 111 Å². The van der Waals surface area contributed by atoms with Crippen molar-refractivity contribution in [2.24, 2.45) is 22.7 Å². The first-order chi connectivity index (χ1) is 50.2. The number of furan rings is 2. The van der Waals surface area contributed by atoms with Gasteiger partial charge in [0.15, 0.2) is 0 Å². The van der Waals surface area contributed by atoms with Gasteiger partial charge in [0.1, 0.15) is 5.58 Å². The SMILES string of the molecule is CC(C)Cc1cc(-c2[c-]cccc2)nc[c]1[Ge]([CH3])([CH3])[CH3].CC(C)Cc1cc(-c2[c-]cccc2)nc[c]1[Ge]([CH3])([CH3])[CH3].CO.CO.O=S(=O)(O)C(F)(F)F.[2H]C([2H])([2H])c1ccc2c(n1)oc1c(-c3cc(CC(C)(C)C)ccn3)[c-]ccc12.[2H]C([2H])([2H])c1ccc2c(n1)oc1c(-c3cc(CC(C)(C)C)ccn3)cccc12.[Ir].[Ir]. The first-order valence-corrected chi connectivity index (χ1v) is 49.7. The molecular formula is C83H100F3Ge2Ir2N6O7S-3. The van der Waals surface area contributed by atoms with Crippen molar-refractivity contribution >= 4 is 89.6 Å². The molecule has 0 aliphatic rings. The number of aromatic nitrogens is 6. The van der Waals surface area contributed by atoms with E-state index >= 15 is 0 Å². The average molecular weight is 1920 g/mol. The Kier molecular flexibility index (Phi) is 30.2. The minimum atomic E-state index is -5.84. The van der Waals surface area contributed by atoms with E-state index in [9.17, 15) is 13.2 Å². The molecule has 0 atom stereocenters. The van der Waals surface area contributed by atoms with Crippen molar-refractivity contribution in [1.82, 2.24) is 29.9 Å². The fourth-order valence-electron chi connectivity index (χ4n) is 11.3. The molecule has 2 radical (unpaired) electrons. The van der Waals surface area contributed by atoms with E-state index < -0.39 is 55.9 Å². The minimum absolute atomic E-state index is 0. The largest absolute Gasteiger partial charge is 0.522 e. The maximum atomic E-state index is 10.7. The van der Waals surface area contributed by atoms with Crippen molar-refractivity contribution in [1.29, 1.82) is 0 Å². The monoisotopic (exact) mass is 1920 g/mol. The van der Waals surface area contributed by atoms with Gasteiger partial charge >= 0.3 is 267 Å². The molecule has 12 aromatic rings. The van der Waals surface area contributed by atoms with Crippen LogP contribution in [0.15, 0.2) is 173 Å². The molecule has 0 aliphatic carbocycles. The quantitative estimate of drug-likeness (QED) is 0.0452. The minimum Gasteiger partial charge on any atom is -0.486 e. The van der Waals surface area contributed by atoms with Crippen molar-refractivity contribution < 1.29 is 93.6 Å². The van der Waals surface area contributed by atoms with Crippen LogP contribution >= 0.6 is 0 Å². The summed E-state index contributed by atoms with van der Waals surface area (Å²) in [5, 5.41) is 17.4. The zero-order chi connectivity index (χ0) is 80.7. The van der Waals surface area contributed by atoms with E-state index in [1.54, 1.807) is 33.2 Å². The number of alkyl halides is 3. The fourth-order valence-corrected chi connectivity index (χ4v) is 18.0. The van der Waals surface area contributed by atoms with Gasteiger partial charge < -0.3 is 24.0 Å². The number of pyridine rings is 6. The smallest absolute Gasteiger partial charge is 0.486 e. The maximum Gasteiger partial charge on any atom is 0.522 e. The summed E-state index contributed by atoms with van der Waals surface area (Å²) < 4.78 is 118. The molecule has 0 amide bonds. The summed E-state index contributed by atoms with van der Waals surface area (Å²) in [7, 11) is -3.84. The Morgan fingerprint density at radius 2 is 0.933 bits per heavy atom. The Morgan fingerprint density at radius 3 is 1.33 bits per heavy atom. The van der Waals surface area contributed by atoms with E-state index in [2.05, 4.69) is 191 Å². The molecule has 0 spiro atoms. The molecule has 13 nitrogen and oxygen atoms in total. The van der Waals surface area contributed by atoms with Gasteiger partial charge in [-0.3, -0.25) is 9.54 Å². The summed E-state index contributed by atoms with van der Waals surface area (Å²) in [5.74, 6) is 16.0. The summed E-state index contributed by atoms with van der Waals surface area (Å²) in [6.07, 6.45) is 12.0. The van der Waals surface area contributed by atoms with Gasteiger partial charge in [0, 0.05) is 108 Å². The first kappa shape index (κ1) is 79.9. The van der Waals surface area contributed by atoms with Crippen molar-refractivity contribution in [3.8, 4) is 45.0 Å². The Bertz CT molecular complexity index is 4770. The number of aryl methyl sites for hydroxylation is 2. The van der Waals surface area contributed by atoms with Crippen LogP contribution in [0.3, 0.4) is 0 Å². The van der Waals surface area contributed by atoms with Crippen LogP contribution in [0.4, 0.5) is 13.2 Å². The van der Waals surface area contributed by atoms with Crippen molar-refractivity contribution in [2.75, 3.05) is 14.2 Å². The molecule has 4 aromatic carbocycles. The number of nitrogens with zero attached hydrogens (tertiary/aromatic N) is 6. The number of hydrogen-bond acceptors (Lipinski definition) is 12. The first-order valence-electron chi connectivity index (χ1n) is 36.6. The fraction of sp³-hybridized carbons (Fsp3) is 0.349. The third-order valence-corrected chi connectivity index (χ3v) is 24.7. The number of aliphatic hydroxyl groups is 2. The Balaban J connectivity index is 0.000000296. The van der Waals surface area contributed by atoms with Gasteiger partial charge in [-0.1, -0.05) is 76.3 Å². The Labute approximate surface area is 654 Å². The summed E-state index contributed by atoms with van der Waals surface area (Å²) in [6, 6.07) is 55.0. The van der Waals surface area contributed by atoms with E-state index in [0.29, 0.717) is 34.4 Å². The number of fused-ring (bicyclic) bond motifs is 6. The molecular weight excluding hydrogens is 1810 g/mol. The van der Waals surface area contributed by atoms with Crippen LogP contribution in [0, 0.1) is 54.6 Å². The normalized spacial score (nSPS) is 12.7. The molecule has 8 heterocycles. The van der Waals surface area contributed by atoms with Crippen LogP contribution in [0.5, 0.6) is 0 Å². The van der Waals surface area contributed by atoms with Gasteiger partial charge in [0.25, 0.3) is 0 Å². The maximum absolute atomic E-state index is 10.7. The van der Waals surface area contributed by atoms with Gasteiger partial charge in [0.05, 0.1) is 11.3 Å². The molecule has 8 aromatic heterocycles. The summed E-state index contributed by atoms with van der Waals surface area (Å²) in [5.41, 5.74) is 9.74.